The van der Waals surface area contributed by atoms with Crippen LogP contribution < -0.4 is 15.7 Å². The van der Waals surface area contributed by atoms with Gasteiger partial charge in [0.15, 0.2) is 0 Å². The molecular weight excluding hydrogens is 559 g/mol. The molecule has 3 nitrogen and oxygen atoms in total. The maximum absolute atomic E-state index is 6.42. The van der Waals surface area contributed by atoms with Gasteiger partial charge in [0.2, 0.25) is 0 Å². The summed E-state index contributed by atoms with van der Waals surface area (Å²) in [5.74, 6) is 0. The van der Waals surface area contributed by atoms with Gasteiger partial charge in [0, 0.05) is 49.7 Å². The lowest BCUT2D eigenvalue weighted by atomic mass is 9.43. The Balaban J connectivity index is 1.30. The predicted molar refractivity (Wildman–Crippen MR) is 193 cm³/mol. The number of hydrogen-bond acceptors (Lipinski definition) is 2. The summed E-state index contributed by atoms with van der Waals surface area (Å²) in [6.45, 7) is 0.0792. The van der Waals surface area contributed by atoms with Crippen molar-refractivity contribution in [1.29, 1.82) is 0 Å². The van der Waals surface area contributed by atoms with Gasteiger partial charge in [0.1, 0.15) is 11.2 Å². The van der Waals surface area contributed by atoms with E-state index in [1.165, 1.54) is 66.4 Å². The van der Waals surface area contributed by atoms with Gasteiger partial charge >= 0.3 is 6.85 Å². The molecule has 0 amide bonds. The molecule has 11 rings (SSSR count). The van der Waals surface area contributed by atoms with Gasteiger partial charge in [-0.05, 0) is 70.6 Å². The molecule has 2 aliphatic rings. The van der Waals surface area contributed by atoms with Crippen LogP contribution in [0.25, 0.3) is 71.7 Å². The van der Waals surface area contributed by atoms with E-state index in [9.17, 15) is 0 Å². The van der Waals surface area contributed by atoms with Gasteiger partial charge in [0.05, 0.1) is 11.0 Å². The Kier molecular flexibility index (Phi) is 4.66. The third-order valence-corrected chi connectivity index (χ3v) is 10.2. The molecule has 0 unspecified atom stereocenters. The second kappa shape index (κ2) is 8.80. The minimum atomic E-state index is 0.0792. The Morgan fingerprint density at radius 3 is 1.87 bits per heavy atom. The van der Waals surface area contributed by atoms with Gasteiger partial charge in [-0.25, -0.2) is 0 Å². The van der Waals surface area contributed by atoms with E-state index in [-0.39, 0.29) is 6.85 Å². The summed E-state index contributed by atoms with van der Waals surface area (Å²) in [6.07, 6.45) is 0. The molecule has 212 valence electrons. The average Bonchev–Trinajstić information content (AvgIpc) is 3.64. The molecule has 46 heavy (non-hydrogen) atoms. The van der Waals surface area contributed by atoms with Gasteiger partial charge < -0.3 is 13.8 Å². The molecule has 0 N–H and O–H groups in total. The van der Waals surface area contributed by atoms with Crippen molar-refractivity contribution in [1.82, 2.24) is 4.57 Å². The van der Waals surface area contributed by atoms with Crippen LogP contribution >= 0.6 is 0 Å². The van der Waals surface area contributed by atoms with Crippen molar-refractivity contribution in [3.63, 3.8) is 0 Å². The van der Waals surface area contributed by atoms with Gasteiger partial charge in [-0.2, -0.15) is 0 Å². The van der Waals surface area contributed by atoms with Crippen LogP contribution in [0.15, 0.2) is 156 Å². The Bertz CT molecular complexity index is 2720. The first kappa shape index (κ1) is 24.3. The number of benzene rings is 7. The van der Waals surface area contributed by atoms with Gasteiger partial charge in [-0.15, -0.1) is 0 Å². The van der Waals surface area contributed by atoms with Crippen LogP contribution in [-0.2, 0) is 0 Å². The topological polar surface area (TPSA) is 21.3 Å². The van der Waals surface area contributed by atoms with Crippen LogP contribution in [0, 0.1) is 0 Å². The fourth-order valence-electron chi connectivity index (χ4n) is 8.27. The number of para-hydroxylation sites is 3. The molecule has 0 atom stereocenters. The first-order chi connectivity index (χ1) is 22.8. The fraction of sp³-hybridized carbons (Fsp3) is 0. The molecular formula is C42H25BN2O. The molecule has 0 spiro atoms. The molecule has 4 heteroatoms. The second-order valence-corrected chi connectivity index (χ2v) is 12.5. The quantitative estimate of drug-likeness (QED) is 0.179. The van der Waals surface area contributed by atoms with E-state index in [0.717, 1.165) is 27.6 Å². The Morgan fingerprint density at radius 2 is 1.04 bits per heavy atom. The molecule has 0 aliphatic carbocycles. The smallest absolute Gasteiger partial charge is 0.329 e. The van der Waals surface area contributed by atoms with Crippen LogP contribution in [0.2, 0.25) is 0 Å². The van der Waals surface area contributed by atoms with Crippen LogP contribution in [0.4, 0.5) is 11.4 Å². The van der Waals surface area contributed by atoms with E-state index in [4.69, 9.17) is 4.42 Å². The second-order valence-electron chi connectivity index (χ2n) is 12.5. The Morgan fingerprint density at radius 1 is 0.413 bits per heavy atom. The molecule has 4 heterocycles. The maximum atomic E-state index is 6.42. The van der Waals surface area contributed by atoms with Crippen molar-refractivity contribution >= 4 is 72.9 Å². The number of hydrogen-bond donors (Lipinski definition) is 0. The molecule has 2 aromatic heterocycles. The first-order valence-electron chi connectivity index (χ1n) is 15.9. The molecule has 0 fully saturated rings. The Labute approximate surface area is 265 Å². The van der Waals surface area contributed by atoms with Crippen molar-refractivity contribution in [3.8, 4) is 27.9 Å². The summed E-state index contributed by atoms with van der Waals surface area (Å²) in [6, 6.07) is 55.3. The van der Waals surface area contributed by atoms with Crippen LogP contribution in [0.3, 0.4) is 0 Å². The van der Waals surface area contributed by atoms with E-state index in [1.54, 1.807) is 0 Å². The van der Waals surface area contributed by atoms with E-state index < -0.39 is 0 Å². The number of aromatic nitrogens is 1. The number of rotatable bonds is 1. The van der Waals surface area contributed by atoms with Gasteiger partial charge in [-0.3, -0.25) is 0 Å². The third kappa shape index (κ3) is 3.08. The van der Waals surface area contributed by atoms with Crippen molar-refractivity contribution in [2.45, 2.75) is 0 Å². The van der Waals surface area contributed by atoms with Crippen LogP contribution in [0.5, 0.6) is 0 Å². The molecule has 9 aromatic rings. The van der Waals surface area contributed by atoms with Crippen LogP contribution in [-0.4, -0.2) is 11.4 Å². The van der Waals surface area contributed by atoms with Crippen molar-refractivity contribution in [2.75, 3.05) is 4.81 Å². The minimum Gasteiger partial charge on any atom is -0.456 e. The summed E-state index contributed by atoms with van der Waals surface area (Å²) in [5, 5.41) is 4.69. The SMILES string of the molecule is c1ccc(-n2c3cc4c(cc3c3cc5oc6ccccc6c5cc32)-c2ccccc2B2c3ccccc3-c3ccccc3N24)cc1. The monoisotopic (exact) mass is 584 g/mol. The third-order valence-electron chi connectivity index (χ3n) is 10.2. The lowest BCUT2D eigenvalue weighted by Gasteiger charge is -2.43. The zero-order chi connectivity index (χ0) is 29.9. The highest BCUT2D eigenvalue weighted by atomic mass is 16.3. The number of fused-ring (bicyclic) bond motifs is 17. The summed E-state index contributed by atoms with van der Waals surface area (Å²) in [4.78, 5) is 2.58. The van der Waals surface area contributed by atoms with Crippen molar-refractivity contribution in [3.05, 3.63) is 152 Å². The van der Waals surface area contributed by atoms with Gasteiger partial charge in [0.25, 0.3) is 0 Å². The van der Waals surface area contributed by atoms with E-state index in [0.29, 0.717) is 0 Å². The number of furan rings is 1. The lowest BCUT2D eigenvalue weighted by molar-refractivity contribution is 0.669. The summed E-state index contributed by atoms with van der Waals surface area (Å²) < 4.78 is 8.85. The number of nitrogens with zero attached hydrogens (tertiary/aromatic N) is 2. The molecule has 0 saturated heterocycles. The zero-order valence-electron chi connectivity index (χ0n) is 24.8. The largest absolute Gasteiger partial charge is 0.456 e. The summed E-state index contributed by atoms with van der Waals surface area (Å²) >= 11 is 0. The highest BCUT2D eigenvalue weighted by Crippen LogP contribution is 2.49. The number of anilines is 2. The van der Waals surface area contributed by atoms with E-state index in [1.807, 2.05) is 6.07 Å². The standard InChI is InChI=1S/C42H25BN2O/c1-2-12-26(13-3-1)44-38-23-34-30-17-7-11-21-41(30)46-42(34)24-33(38)32-22-31-28-15-5-9-19-36(28)43-35-18-8-4-14-27(35)29-16-6-10-20-37(29)45(43)40(31)25-39(32)44/h1-25H. The minimum absolute atomic E-state index is 0.0792. The highest BCUT2D eigenvalue weighted by molar-refractivity contribution is 6.92. The van der Waals surface area contributed by atoms with E-state index >= 15 is 0 Å². The van der Waals surface area contributed by atoms with Crippen molar-refractivity contribution < 1.29 is 4.42 Å². The molecule has 2 aliphatic heterocycles. The normalized spacial score (nSPS) is 13.1. The molecule has 7 aromatic carbocycles. The van der Waals surface area contributed by atoms with Gasteiger partial charge in [-0.1, -0.05) is 103 Å². The summed E-state index contributed by atoms with van der Waals surface area (Å²) in [7, 11) is 0. The lowest BCUT2D eigenvalue weighted by Crippen LogP contribution is -2.59. The van der Waals surface area contributed by atoms with Crippen LogP contribution in [0.1, 0.15) is 0 Å². The fourth-order valence-corrected chi connectivity index (χ4v) is 8.27. The van der Waals surface area contributed by atoms with E-state index in [2.05, 4.69) is 155 Å². The first-order valence-corrected chi connectivity index (χ1v) is 15.9. The van der Waals surface area contributed by atoms with Crippen molar-refractivity contribution in [2.24, 2.45) is 0 Å². The maximum Gasteiger partial charge on any atom is 0.329 e. The predicted octanol–water partition coefficient (Wildman–Crippen LogP) is 9.59. The zero-order valence-corrected chi connectivity index (χ0v) is 24.8. The highest BCUT2D eigenvalue weighted by Gasteiger charge is 2.42. The summed E-state index contributed by atoms with van der Waals surface area (Å²) in [5.41, 5.74) is 15.6. The molecule has 0 bridgehead atoms. The molecule has 0 radical (unpaired) electrons. The average molecular weight is 584 g/mol. The Hall–Kier alpha value is -6.00. The molecule has 0 saturated carbocycles.